The van der Waals surface area contributed by atoms with Crippen LogP contribution in [0, 0.1) is 0 Å². The van der Waals surface area contributed by atoms with Crippen LogP contribution in [0.15, 0.2) is 48.7 Å². The lowest BCUT2D eigenvalue weighted by atomic mass is 10.1. The summed E-state index contributed by atoms with van der Waals surface area (Å²) in [5.41, 5.74) is 3.58. The summed E-state index contributed by atoms with van der Waals surface area (Å²) < 4.78 is 5.30. The van der Waals surface area contributed by atoms with Crippen molar-refractivity contribution in [3.8, 4) is 0 Å². The zero-order chi connectivity index (χ0) is 20.4. The fourth-order valence-electron chi connectivity index (χ4n) is 3.27. The number of likely N-dealkylation sites (N-methyl/N-ethyl adjacent to an activating group) is 1. The number of H-pyrrole nitrogens is 1. The molecule has 0 fully saturated rings. The Morgan fingerprint density at radius 1 is 1.27 bits per heavy atom. The smallest absolute Gasteiger partial charge is 0.251 e. The van der Waals surface area contributed by atoms with Crippen LogP contribution in [0.4, 0.5) is 5.82 Å². The number of ether oxygens (including phenoxy) is 1. The van der Waals surface area contributed by atoms with Crippen LogP contribution in [0.2, 0.25) is 0 Å². The van der Waals surface area contributed by atoms with Gasteiger partial charge < -0.3 is 19.9 Å². The number of carbonyl (C=O) groups is 2. The van der Waals surface area contributed by atoms with Crippen molar-refractivity contribution >= 4 is 47.0 Å². The maximum absolute atomic E-state index is 12.7. The van der Waals surface area contributed by atoms with Gasteiger partial charge in [0.2, 0.25) is 5.91 Å². The maximum Gasteiger partial charge on any atom is 0.251 e. The van der Waals surface area contributed by atoms with Crippen molar-refractivity contribution in [1.82, 2.24) is 14.9 Å². The molecule has 1 aromatic carbocycles. The minimum Gasteiger partial charge on any atom is -0.367 e. The molecule has 1 unspecified atom stereocenters. The van der Waals surface area contributed by atoms with Gasteiger partial charge in [0.05, 0.1) is 12.6 Å². The molecule has 4 rings (SSSR count). The van der Waals surface area contributed by atoms with Crippen molar-refractivity contribution in [1.29, 1.82) is 0 Å². The largest absolute Gasteiger partial charge is 0.367 e. The lowest BCUT2D eigenvalue weighted by Crippen LogP contribution is -2.28. The van der Waals surface area contributed by atoms with Gasteiger partial charge in [0, 0.05) is 36.1 Å². The normalized spacial score (nSPS) is 14.5. The molecular weight excluding hydrogens is 404 g/mol. The fourth-order valence-corrected chi connectivity index (χ4v) is 3.27. The topological polar surface area (TPSA) is 87.3 Å². The van der Waals surface area contributed by atoms with Gasteiger partial charge in [-0.3, -0.25) is 9.59 Å². The molecule has 30 heavy (non-hydrogen) atoms. The number of nitrogens with one attached hydrogen (secondary N) is 2. The summed E-state index contributed by atoms with van der Waals surface area (Å²) in [6.45, 7) is 2.30. The van der Waals surface area contributed by atoms with Crippen LogP contribution in [0.3, 0.4) is 0 Å². The SMILES string of the molecule is CC(c1cc2ccccc2[nH]1)N(C)C(=O)C=Cc1cnc2c(c1)COCC(=O)N2.Cl. The maximum atomic E-state index is 12.7. The fraction of sp³-hybridized carbons (Fsp3) is 0.227. The van der Waals surface area contributed by atoms with Gasteiger partial charge in [0.25, 0.3) is 5.91 Å². The highest BCUT2D eigenvalue weighted by Crippen LogP contribution is 2.24. The number of para-hydroxylation sites is 1. The standard InChI is InChI=1S/C22H22N4O3.ClH/c1-14(19-10-16-5-3-4-6-18(16)24-19)26(2)21(28)8-7-15-9-17-12-29-13-20(27)25-22(17)23-11-15;/h3-11,14,24H,12-13H2,1-2H3,(H,23,25,27);1H. The Labute approximate surface area is 180 Å². The predicted molar refractivity (Wildman–Crippen MR) is 118 cm³/mol. The molecule has 156 valence electrons. The molecular formula is C22H23ClN4O3. The van der Waals surface area contributed by atoms with Crippen molar-refractivity contribution in [2.45, 2.75) is 19.6 Å². The Kier molecular flexibility index (Phi) is 6.54. The molecule has 2 amide bonds. The predicted octanol–water partition coefficient (Wildman–Crippen LogP) is 3.69. The van der Waals surface area contributed by atoms with Gasteiger partial charge in [-0.1, -0.05) is 18.2 Å². The first-order valence-electron chi connectivity index (χ1n) is 9.40. The van der Waals surface area contributed by atoms with Crippen LogP contribution in [0.1, 0.15) is 29.8 Å². The summed E-state index contributed by atoms with van der Waals surface area (Å²) in [5.74, 6) is 0.165. The molecule has 2 aromatic heterocycles. The summed E-state index contributed by atoms with van der Waals surface area (Å²) in [6, 6.07) is 11.9. The number of nitrogens with zero attached hydrogens (tertiary/aromatic N) is 2. The van der Waals surface area contributed by atoms with Gasteiger partial charge in [0.1, 0.15) is 12.4 Å². The Hall–Kier alpha value is -3.16. The van der Waals surface area contributed by atoms with E-state index in [0.717, 1.165) is 27.7 Å². The molecule has 3 heterocycles. The molecule has 1 aliphatic rings. The van der Waals surface area contributed by atoms with Crippen LogP contribution >= 0.6 is 12.4 Å². The van der Waals surface area contributed by atoms with Gasteiger partial charge >= 0.3 is 0 Å². The average Bonchev–Trinajstić information content (AvgIpc) is 3.07. The number of anilines is 1. The van der Waals surface area contributed by atoms with Crippen molar-refractivity contribution in [3.63, 3.8) is 0 Å². The number of amides is 2. The second-order valence-electron chi connectivity index (χ2n) is 7.09. The number of fused-ring (bicyclic) bond motifs is 2. The van der Waals surface area contributed by atoms with Gasteiger partial charge in [0.15, 0.2) is 0 Å². The minimum atomic E-state index is -0.220. The third-order valence-corrected chi connectivity index (χ3v) is 5.08. The number of aromatic nitrogens is 2. The first-order valence-corrected chi connectivity index (χ1v) is 9.40. The molecule has 0 saturated carbocycles. The quantitative estimate of drug-likeness (QED) is 0.623. The molecule has 7 nitrogen and oxygen atoms in total. The number of aromatic amines is 1. The van der Waals surface area contributed by atoms with E-state index < -0.39 is 0 Å². The average molecular weight is 427 g/mol. The van der Waals surface area contributed by atoms with Gasteiger partial charge in [-0.2, -0.15) is 0 Å². The summed E-state index contributed by atoms with van der Waals surface area (Å²) in [5, 5.41) is 3.82. The summed E-state index contributed by atoms with van der Waals surface area (Å²) in [4.78, 5) is 33.5. The molecule has 0 spiro atoms. The van der Waals surface area contributed by atoms with E-state index in [-0.39, 0.29) is 36.9 Å². The zero-order valence-electron chi connectivity index (χ0n) is 16.7. The van der Waals surface area contributed by atoms with E-state index in [1.54, 1.807) is 24.2 Å². The van der Waals surface area contributed by atoms with Gasteiger partial charge in [-0.25, -0.2) is 4.98 Å². The highest BCUT2D eigenvalue weighted by molar-refractivity contribution is 5.93. The molecule has 0 aliphatic carbocycles. The Morgan fingerprint density at radius 3 is 2.87 bits per heavy atom. The van der Waals surface area contributed by atoms with Crippen molar-refractivity contribution in [3.05, 3.63) is 65.5 Å². The highest BCUT2D eigenvalue weighted by atomic mass is 35.5. The molecule has 8 heteroatoms. The summed E-state index contributed by atoms with van der Waals surface area (Å²) >= 11 is 0. The number of hydrogen-bond acceptors (Lipinski definition) is 4. The third kappa shape index (κ3) is 4.53. The number of benzene rings is 1. The van der Waals surface area contributed by atoms with Crippen molar-refractivity contribution in [2.75, 3.05) is 19.0 Å². The number of pyridine rings is 1. The third-order valence-electron chi connectivity index (χ3n) is 5.08. The minimum absolute atomic E-state index is 0. The van der Waals surface area contributed by atoms with E-state index in [2.05, 4.69) is 21.4 Å². The van der Waals surface area contributed by atoms with Crippen LogP contribution in [-0.4, -0.2) is 40.3 Å². The van der Waals surface area contributed by atoms with E-state index in [1.807, 2.05) is 37.3 Å². The molecule has 0 radical (unpaired) electrons. The Morgan fingerprint density at radius 2 is 2.07 bits per heavy atom. The van der Waals surface area contributed by atoms with Crippen molar-refractivity contribution in [2.24, 2.45) is 0 Å². The molecule has 2 N–H and O–H groups in total. The second kappa shape index (κ2) is 9.11. The van der Waals surface area contributed by atoms with E-state index in [9.17, 15) is 9.59 Å². The van der Waals surface area contributed by atoms with Gasteiger partial charge in [-0.15, -0.1) is 12.4 Å². The van der Waals surface area contributed by atoms with Crippen LogP contribution < -0.4 is 5.32 Å². The van der Waals surface area contributed by atoms with E-state index in [4.69, 9.17) is 4.74 Å². The lowest BCUT2D eigenvalue weighted by Gasteiger charge is -2.22. The first kappa shape index (κ1) is 21.5. The first-order chi connectivity index (χ1) is 14.0. The highest BCUT2D eigenvalue weighted by Gasteiger charge is 2.18. The molecule has 0 saturated heterocycles. The Bertz CT molecular complexity index is 1080. The van der Waals surface area contributed by atoms with Gasteiger partial charge in [-0.05, 0) is 42.1 Å². The zero-order valence-corrected chi connectivity index (χ0v) is 17.5. The van der Waals surface area contributed by atoms with E-state index in [0.29, 0.717) is 12.4 Å². The molecule has 0 bridgehead atoms. The van der Waals surface area contributed by atoms with Crippen LogP contribution in [0.5, 0.6) is 0 Å². The summed E-state index contributed by atoms with van der Waals surface area (Å²) in [7, 11) is 1.78. The molecule has 3 aromatic rings. The monoisotopic (exact) mass is 426 g/mol. The lowest BCUT2D eigenvalue weighted by molar-refractivity contribution is -0.126. The van der Waals surface area contributed by atoms with Crippen LogP contribution in [0.25, 0.3) is 17.0 Å². The second-order valence-corrected chi connectivity index (χ2v) is 7.09. The number of carbonyl (C=O) groups excluding carboxylic acids is 2. The number of halogens is 1. The van der Waals surface area contributed by atoms with Crippen molar-refractivity contribution < 1.29 is 14.3 Å². The molecule has 1 atom stereocenters. The van der Waals surface area contributed by atoms with Crippen LogP contribution in [-0.2, 0) is 20.9 Å². The van der Waals surface area contributed by atoms with E-state index >= 15 is 0 Å². The molecule has 1 aliphatic heterocycles. The van der Waals surface area contributed by atoms with E-state index in [1.165, 1.54) is 6.08 Å². The summed E-state index contributed by atoms with van der Waals surface area (Å²) in [6.07, 6.45) is 4.87. The Balaban J connectivity index is 0.00000256. The number of hydrogen-bond donors (Lipinski definition) is 2. The number of rotatable bonds is 4.